The zero-order chi connectivity index (χ0) is 38.2. The van der Waals surface area contributed by atoms with Crippen molar-refractivity contribution in [2.45, 2.75) is 0 Å². The third-order valence-electron chi connectivity index (χ3n) is 11.2. The first-order chi connectivity index (χ1) is 27.4. The molecule has 0 spiro atoms. The molecule has 2 heterocycles. The maximum Gasteiger partial charge on any atom is 0.0656 e. The van der Waals surface area contributed by atoms with Crippen molar-refractivity contribution < 1.29 is 0 Å². The van der Waals surface area contributed by atoms with Gasteiger partial charge in [0.1, 0.15) is 0 Å². The smallest absolute Gasteiger partial charge is 0.0656 e. The highest BCUT2D eigenvalue weighted by atomic mass is 15.2. The largest absolute Gasteiger partial charge is 0.341 e. The SMILES string of the molecule is CN1c2ccc(-c3ccccc3)cc2N(C)c2ccc(-c3ccccc3)cc21.CN1c2ccc(-c3ccccc3)cc2N(C)c2ccc(-c3ccccc3)cc21. The zero-order valence-corrected chi connectivity index (χ0v) is 32.3. The normalized spacial score (nSPS) is 12.5. The van der Waals surface area contributed by atoms with E-state index in [0.717, 1.165) is 0 Å². The molecular weight excluding hydrogens is 681 g/mol. The summed E-state index contributed by atoms with van der Waals surface area (Å²) < 4.78 is 0. The van der Waals surface area contributed by atoms with E-state index in [2.05, 4.69) is 242 Å². The molecule has 0 bridgehead atoms. The summed E-state index contributed by atoms with van der Waals surface area (Å²) >= 11 is 0. The number of benzene rings is 8. The number of nitrogens with zero attached hydrogens (tertiary/aromatic N) is 4. The van der Waals surface area contributed by atoms with Crippen molar-refractivity contribution in [3.63, 3.8) is 0 Å². The van der Waals surface area contributed by atoms with Gasteiger partial charge in [0.25, 0.3) is 0 Å². The van der Waals surface area contributed by atoms with Crippen molar-refractivity contribution >= 4 is 45.5 Å². The van der Waals surface area contributed by atoms with E-state index in [1.54, 1.807) is 0 Å². The van der Waals surface area contributed by atoms with Gasteiger partial charge in [0.2, 0.25) is 0 Å². The van der Waals surface area contributed by atoms with Gasteiger partial charge in [0.05, 0.1) is 45.5 Å². The number of hydrogen-bond acceptors (Lipinski definition) is 4. The third-order valence-corrected chi connectivity index (χ3v) is 11.2. The molecule has 0 saturated carbocycles. The maximum absolute atomic E-state index is 2.30. The number of rotatable bonds is 4. The minimum absolute atomic E-state index is 1.22. The second-order valence-corrected chi connectivity index (χ2v) is 14.5. The number of fused-ring (bicyclic) bond motifs is 4. The Morgan fingerprint density at radius 1 is 0.196 bits per heavy atom. The molecule has 0 aliphatic carbocycles. The molecule has 2 aliphatic heterocycles. The molecule has 4 nitrogen and oxygen atoms in total. The van der Waals surface area contributed by atoms with Gasteiger partial charge in [0, 0.05) is 28.2 Å². The summed E-state index contributed by atoms with van der Waals surface area (Å²) in [6.45, 7) is 0. The van der Waals surface area contributed by atoms with Crippen molar-refractivity contribution in [2.75, 3.05) is 47.8 Å². The summed E-state index contributed by atoms with van der Waals surface area (Å²) in [4.78, 5) is 9.19. The van der Waals surface area contributed by atoms with Crippen LogP contribution in [0.1, 0.15) is 0 Å². The minimum atomic E-state index is 1.22. The van der Waals surface area contributed by atoms with E-state index in [4.69, 9.17) is 0 Å². The van der Waals surface area contributed by atoms with Gasteiger partial charge < -0.3 is 19.6 Å². The number of anilines is 8. The summed E-state index contributed by atoms with van der Waals surface area (Å²) in [5.74, 6) is 0. The van der Waals surface area contributed by atoms with Crippen LogP contribution in [0.2, 0.25) is 0 Å². The quantitative estimate of drug-likeness (QED) is 0.179. The van der Waals surface area contributed by atoms with E-state index in [9.17, 15) is 0 Å². The maximum atomic E-state index is 2.30. The Kier molecular flexibility index (Phi) is 9.08. The van der Waals surface area contributed by atoms with Gasteiger partial charge in [-0.05, 0) is 93.0 Å². The Balaban J connectivity index is 0.000000146. The second-order valence-electron chi connectivity index (χ2n) is 14.5. The summed E-state index contributed by atoms with van der Waals surface area (Å²) in [7, 11) is 8.62. The molecular formula is C52H44N4. The lowest BCUT2D eigenvalue weighted by molar-refractivity contribution is 1.10. The van der Waals surface area contributed by atoms with E-state index in [1.165, 1.54) is 90.0 Å². The molecule has 56 heavy (non-hydrogen) atoms. The van der Waals surface area contributed by atoms with Crippen LogP contribution < -0.4 is 19.6 Å². The Morgan fingerprint density at radius 3 is 0.589 bits per heavy atom. The van der Waals surface area contributed by atoms with Crippen LogP contribution in [0.4, 0.5) is 45.5 Å². The highest BCUT2D eigenvalue weighted by Crippen LogP contribution is 2.50. The Bertz CT molecular complexity index is 2270. The van der Waals surface area contributed by atoms with Crippen LogP contribution in [-0.4, -0.2) is 28.2 Å². The van der Waals surface area contributed by atoms with Gasteiger partial charge in [-0.2, -0.15) is 0 Å². The minimum Gasteiger partial charge on any atom is -0.341 e. The number of hydrogen-bond donors (Lipinski definition) is 0. The van der Waals surface area contributed by atoms with Crippen LogP contribution in [0, 0.1) is 0 Å². The average molecular weight is 725 g/mol. The third kappa shape index (κ3) is 6.35. The van der Waals surface area contributed by atoms with Crippen molar-refractivity contribution in [3.8, 4) is 44.5 Å². The lowest BCUT2D eigenvalue weighted by Gasteiger charge is -2.37. The van der Waals surface area contributed by atoms with Crippen LogP contribution in [0.15, 0.2) is 194 Å². The van der Waals surface area contributed by atoms with Gasteiger partial charge in [-0.3, -0.25) is 0 Å². The molecule has 2 aliphatic rings. The van der Waals surface area contributed by atoms with E-state index < -0.39 is 0 Å². The Hall–Kier alpha value is -7.04. The van der Waals surface area contributed by atoms with E-state index in [1.807, 2.05) is 0 Å². The average Bonchev–Trinajstić information content (AvgIpc) is 3.28. The standard InChI is InChI=1S/2C26H22N2/c2*1-27-23-15-13-22(20-11-7-4-8-12-20)18-26(23)28(2)24-16-14-21(17-25(24)27)19-9-5-3-6-10-19/h2*3-18H,1-2H3. The van der Waals surface area contributed by atoms with Crippen LogP contribution in [0.3, 0.4) is 0 Å². The van der Waals surface area contributed by atoms with Crippen molar-refractivity contribution in [2.24, 2.45) is 0 Å². The molecule has 0 saturated heterocycles. The summed E-state index contributed by atoms with van der Waals surface area (Å²) in [6.07, 6.45) is 0. The molecule has 10 rings (SSSR count). The predicted molar refractivity (Wildman–Crippen MR) is 240 cm³/mol. The Labute approximate surface area is 330 Å². The van der Waals surface area contributed by atoms with Crippen LogP contribution >= 0.6 is 0 Å². The van der Waals surface area contributed by atoms with Crippen LogP contribution in [0.25, 0.3) is 44.5 Å². The summed E-state index contributed by atoms with van der Waals surface area (Å²) in [5, 5.41) is 0. The first-order valence-corrected chi connectivity index (χ1v) is 19.2. The molecule has 0 unspecified atom stereocenters. The predicted octanol–water partition coefficient (Wildman–Crippen LogP) is 13.7. The van der Waals surface area contributed by atoms with E-state index in [-0.39, 0.29) is 0 Å². The van der Waals surface area contributed by atoms with Crippen LogP contribution in [0.5, 0.6) is 0 Å². The first-order valence-electron chi connectivity index (χ1n) is 19.2. The molecule has 0 atom stereocenters. The molecule has 8 aromatic rings. The van der Waals surface area contributed by atoms with E-state index in [0.29, 0.717) is 0 Å². The lowest BCUT2D eigenvalue weighted by Crippen LogP contribution is -2.24. The topological polar surface area (TPSA) is 13.0 Å². The van der Waals surface area contributed by atoms with E-state index >= 15 is 0 Å². The van der Waals surface area contributed by atoms with Gasteiger partial charge >= 0.3 is 0 Å². The molecule has 0 fully saturated rings. The van der Waals surface area contributed by atoms with Crippen molar-refractivity contribution in [1.29, 1.82) is 0 Å². The highest BCUT2D eigenvalue weighted by molar-refractivity contribution is 5.97. The monoisotopic (exact) mass is 724 g/mol. The second kappa shape index (κ2) is 14.7. The van der Waals surface area contributed by atoms with Crippen LogP contribution in [-0.2, 0) is 0 Å². The molecule has 4 heteroatoms. The molecule has 0 radical (unpaired) electrons. The fourth-order valence-corrected chi connectivity index (χ4v) is 8.06. The van der Waals surface area contributed by atoms with Gasteiger partial charge in [-0.25, -0.2) is 0 Å². The fourth-order valence-electron chi connectivity index (χ4n) is 8.06. The molecule has 0 N–H and O–H groups in total. The summed E-state index contributed by atoms with van der Waals surface area (Å²) in [5.41, 5.74) is 19.7. The van der Waals surface area contributed by atoms with Gasteiger partial charge in [-0.15, -0.1) is 0 Å². The first kappa shape index (κ1) is 34.7. The zero-order valence-electron chi connectivity index (χ0n) is 32.3. The fraction of sp³-hybridized carbons (Fsp3) is 0.0769. The van der Waals surface area contributed by atoms with Gasteiger partial charge in [0.15, 0.2) is 0 Å². The summed E-state index contributed by atoms with van der Waals surface area (Å²) in [6, 6.07) is 69.1. The van der Waals surface area contributed by atoms with Crippen molar-refractivity contribution in [1.82, 2.24) is 0 Å². The van der Waals surface area contributed by atoms with Gasteiger partial charge in [-0.1, -0.05) is 146 Å². The van der Waals surface area contributed by atoms with Crippen molar-refractivity contribution in [3.05, 3.63) is 194 Å². The highest BCUT2D eigenvalue weighted by Gasteiger charge is 2.26. The Morgan fingerprint density at radius 2 is 0.393 bits per heavy atom. The molecule has 272 valence electrons. The molecule has 0 aromatic heterocycles. The lowest BCUT2D eigenvalue weighted by atomic mass is 9.99. The molecule has 0 amide bonds. The molecule has 8 aromatic carbocycles.